The van der Waals surface area contributed by atoms with E-state index >= 15 is 0 Å². The number of rotatable bonds is 9. The van der Waals surface area contributed by atoms with Crippen LogP contribution in [0, 0.1) is 0 Å². The maximum atomic E-state index is 11.5. The molecule has 0 spiro atoms. The van der Waals surface area contributed by atoms with Gasteiger partial charge in [-0.05, 0) is 17.5 Å². The minimum Gasteiger partial charge on any atom is -0.469 e. The Labute approximate surface area is 126 Å². The Kier molecular flexibility index (Phi) is 7.97. The first-order valence-corrected chi connectivity index (χ1v) is 7.18. The van der Waals surface area contributed by atoms with Crippen molar-refractivity contribution < 1.29 is 19.4 Å². The second-order valence-corrected chi connectivity index (χ2v) is 4.87. The van der Waals surface area contributed by atoms with Gasteiger partial charge in [-0.1, -0.05) is 31.2 Å². The zero-order valence-electron chi connectivity index (χ0n) is 13.0. The quantitative estimate of drug-likeness (QED) is 0.533. The summed E-state index contributed by atoms with van der Waals surface area (Å²) in [6.07, 6.45) is 0.289. The summed E-state index contributed by atoms with van der Waals surface area (Å²) < 4.78 is 9.67. The molecule has 0 aliphatic rings. The Bertz CT molecular complexity index is 419. The molecule has 118 valence electrons. The maximum Gasteiger partial charge on any atom is 0.307 e. The van der Waals surface area contributed by atoms with E-state index in [1.54, 1.807) is 7.11 Å². The van der Waals surface area contributed by atoms with Crippen LogP contribution in [-0.4, -0.2) is 44.5 Å². The number of aliphatic hydroxyl groups is 1. The fourth-order valence-electron chi connectivity index (χ4n) is 2.09. The van der Waals surface area contributed by atoms with Gasteiger partial charge in [0, 0.05) is 19.7 Å². The number of carbonyl (C=O) groups is 1. The zero-order chi connectivity index (χ0) is 15.7. The highest BCUT2D eigenvalue weighted by molar-refractivity contribution is 5.70. The van der Waals surface area contributed by atoms with Crippen molar-refractivity contribution in [2.45, 2.75) is 31.9 Å². The van der Waals surface area contributed by atoms with Crippen LogP contribution in [0.25, 0.3) is 0 Å². The average molecular weight is 295 g/mol. The molecule has 0 heterocycles. The number of aliphatic hydroxyl groups excluding tert-OH is 1. The fourth-order valence-corrected chi connectivity index (χ4v) is 2.09. The number of esters is 1. The molecule has 1 rings (SSSR count). The number of hydrogen-bond acceptors (Lipinski definition) is 5. The maximum absolute atomic E-state index is 11.5. The molecule has 2 atom stereocenters. The van der Waals surface area contributed by atoms with Gasteiger partial charge in [0.2, 0.25) is 0 Å². The van der Waals surface area contributed by atoms with Crippen molar-refractivity contribution >= 4 is 5.97 Å². The van der Waals surface area contributed by atoms with Crippen LogP contribution in [0.1, 0.15) is 30.6 Å². The molecular formula is C16H25NO4. The SMILES string of the molecule is CCc1ccc(C(O)C(CC(=O)OC)NCCOC)cc1. The van der Waals surface area contributed by atoms with E-state index in [1.807, 2.05) is 24.3 Å². The summed E-state index contributed by atoms with van der Waals surface area (Å²) in [5, 5.41) is 13.6. The lowest BCUT2D eigenvalue weighted by atomic mass is 9.98. The van der Waals surface area contributed by atoms with E-state index in [9.17, 15) is 9.90 Å². The van der Waals surface area contributed by atoms with Gasteiger partial charge >= 0.3 is 5.97 Å². The second kappa shape index (κ2) is 9.50. The number of aryl methyl sites for hydroxylation is 1. The van der Waals surface area contributed by atoms with Gasteiger partial charge in [-0.15, -0.1) is 0 Å². The highest BCUT2D eigenvalue weighted by Gasteiger charge is 2.23. The Morgan fingerprint density at radius 1 is 1.29 bits per heavy atom. The van der Waals surface area contributed by atoms with Crippen LogP contribution in [0.4, 0.5) is 0 Å². The third-order valence-corrected chi connectivity index (χ3v) is 3.44. The van der Waals surface area contributed by atoms with Gasteiger partial charge in [-0.3, -0.25) is 4.79 Å². The van der Waals surface area contributed by atoms with Gasteiger partial charge in [0.25, 0.3) is 0 Å². The van der Waals surface area contributed by atoms with Crippen LogP contribution >= 0.6 is 0 Å². The van der Waals surface area contributed by atoms with Crippen LogP contribution in [-0.2, 0) is 20.7 Å². The van der Waals surface area contributed by atoms with Gasteiger partial charge in [-0.25, -0.2) is 0 Å². The molecule has 0 saturated heterocycles. The standard InChI is InChI=1S/C16H25NO4/c1-4-12-5-7-13(8-6-12)16(19)14(11-15(18)21-3)17-9-10-20-2/h5-8,14,16-17,19H,4,9-11H2,1-3H3. The molecular weight excluding hydrogens is 270 g/mol. The summed E-state index contributed by atoms with van der Waals surface area (Å²) >= 11 is 0. The van der Waals surface area contributed by atoms with E-state index in [-0.39, 0.29) is 12.4 Å². The molecule has 0 amide bonds. The van der Waals surface area contributed by atoms with Crippen molar-refractivity contribution in [3.05, 3.63) is 35.4 Å². The summed E-state index contributed by atoms with van der Waals surface area (Å²) in [6, 6.07) is 7.36. The van der Waals surface area contributed by atoms with Gasteiger partial charge in [-0.2, -0.15) is 0 Å². The molecule has 0 aromatic heterocycles. The summed E-state index contributed by atoms with van der Waals surface area (Å²) in [5.41, 5.74) is 1.99. The Hall–Kier alpha value is -1.43. The molecule has 21 heavy (non-hydrogen) atoms. The topological polar surface area (TPSA) is 67.8 Å². The van der Waals surface area contributed by atoms with Gasteiger partial charge < -0.3 is 19.9 Å². The van der Waals surface area contributed by atoms with Gasteiger partial charge in [0.15, 0.2) is 0 Å². The first-order valence-electron chi connectivity index (χ1n) is 7.18. The van der Waals surface area contributed by atoms with E-state index in [0.29, 0.717) is 13.2 Å². The molecule has 0 radical (unpaired) electrons. The number of nitrogens with one attached hydrogen (secondary N) is 1. The molecule has 1 aromatic carbocycles. The molecule has 0 bridgehead atoms. The minimum atomic E-state index is -0.771. The highest BCUT2D eigenvalue weighted by Crippen LogP contribution is 2.20. The predicted molar refractivity (Wildman–Crippen MR) is 81.1 cm³/mol. The Morgan fingerprint density at radius 2 is 1.95 bits per heavy atom. The second-order valence-electron chi connectivity index (χ2n) is 4.87. The van der Waals surface area contributed by atoms with E-state index < -0.39 is 12.1 Å². The molecule has 5 heteroatoms. The number of methoxy groups -OCH3 is 2. The van der Waals surface area contributed by atoms with Crippen molar-refractivity contribution in [2.24, 2.45) is 0 Å². The lowest BCUT2D eigenvalue weighted by Gasteiger charge is -2.24. The van der Waals surface area contributed by atoms with E-state index in [0.717, 1.165) is 12.0 Å². The van der Waals surface area contributed by atoms with Gasteiger partial charge in [0.05, 0.1) is 26.2 Å². The summed E-state index contributed by atoms with van der Waals surface area (Å²) in [6.45, 7) is 3.15. The molecule has 2 unspecified atom stereocenters. The van der Waals surface area contributed by atoms with Crippen molar-refractivity contribution in [1.82, 2.24) is 5.32 Å². The first kappa shape index (κ1) is 17.6. The lowest BCUT2D eigenvalue weighted by molar-refractivity contribution is -0.142. The third kappa shape index (κ3) is 5.83. The van der Waals surface area contributed by atoms with E-state index in [2.05, 4.69) is 17.0 Å². The van der Waals surface area contributed by atoms with Crippen molar-refractivity contribution in [2.75, 3.05) is 27.4 Å². The largest absolute Gasteiger partial charge is 0.469 e. The summed E-state index contributed by atoms with van der Waals surface area (Å²) in [7, 11) is 2.95. The molecule has 0 fully saturated rings. The van der Waals surface area contributed by atoms with Crippen LogP contribution in [0.3, 0.4) is 0 Å². The molecule has 0 aliphatic carbocycles. The minimum absolute atomic E-state index is 0.108. The number of benzene rings is 1. The van der Waals surface area contributed by atoms with Crippen molar-refractivity contribution in [1.29, 1.82) is 0 Å². The van der Waals surface area contributed by atoms with E-state index in [4.69, 9.17) is 4.74 Å². The zero-order valence-corrected chi connectivity index (χ0v) is 13.0. The monoisotopic (exact) mass is 295 g/mol. The lowest BCUT2D eigenvalue weighted by Crippen LogP contribution is -2.39. The molecule has 2 N–H and O–H groups in total. The smallest absolute Gasteiger partial charge is 0.307 e. The number of carbonyl (C=O) groups excluding carboxylic acids is 1. The molecule has 1 aromatic rings. The van der Waals surface area contributed by atoms with Crippen LogP contribution in [0.2, 0.25) is 0 Å². The summed E-state index contributed by atoms with van der Waals surface area (Å²) in [4.78, 5) is 11.5. The van der Waals surface area contributed by atoms with Crippen LogP contribution in [0.5, 0.6) is 0 Å². The first-order chi connectivity index (χ1) is 10.1. The number of hydrogen-bond donors (Lipinski definition) is 2. The number of ether oxygens (including phenoxy) is 2. The third-order valence-electron chi connectivity index (χ3n) is 3.44. The summed E-state index contributed by atoms with van der Waals surface area (Å²) in [5.74, 6) is -0.353. The molecule has 5 nitrogen and oxygen atoms in total. The van der Waals surface area contributed by atoms with Crippen LogP contribution in [0.15, 0.2) is 24.3 Å². The highest BCUT2D eigenvalue weighted by atomic mass is 16.5. The van der Waals surface area contributed by atoms with Crippen molar-refractivity contribution in [3.63, 3.8) is 0 Å². The van der Waals surface area contributed by atoms with Gasteiger partial charge in [0.1, 0.15) is 0 Å². The van der Waals surface area contributed by atoms with Crippen molar-refractivity contribution in [3.8, 4) is 0 Å². The Balaban J connectivity index is 2.75. The molecule has 0 aliphatic heterocycles. The van der Waals surface area contributed by atoms with E-state index in [1.165, 1.54) is 12.7 Å². The fraction of sp³-hybridized carbons (Fsp3) is 0.562. The van der Waals surface area contributed by atoms with Crippen LogP contribution < -0.4 is 5.32 Å². The predicted octanol–water partition coefficient (Wildman–Crippen LogP) is 1.45. The average Bonchev–Trinajstić information content (AvgIpc) is 2.53. The molecule has 0 saturated carbocycles. The Morgan fingerprint density at radius 3 is 2.48 bits per heavy atom. The normalized spacial score (nSPS) is 13.7.